The van der Waals surface area contributed by atoms with Gasteiger partial charge in [-0.05, 0) is 42.5 Å². The Bertz CT molecular complexity index is 540. The molecule has 0 aliphatic rings. The van der Waals surface area contributed by atoms with Gasteiger partial charge in [-0.15, -0.1) is 0 Å². The van der Waals surface area contributed by atoms with Gasteiger partial charge in [0.15, 0.2) is 0 Å². The molecule has 0 heterocycles. The van der Waals surface area contributed by atoms with E-state index in [1.165, 1.54) is 17.2 Å². The van der Waals surface area contributed by atoms with E-state index in [9.17, 15) is 4.39 Å². The van der Waals surface area contributed by atoms with Crippen molar-refractivity contribution in [3.05, 3.63) is 65.0 Å². The van der Waals surface area contributed by atoms with Crippen molar-refractivity contribution in [1.82, 2.24) is 0 Å². The highest BCUT2D eigenvalue weighted by atomic mass is 19.1. The fourth-order valence-electron chi connectivity index (χ4n) is 2.40. The van der Waals surface area contributed by atoms with Crippen LogP contribution in [0.4, 0.5) is 10.1 Å². The maximum atomic E-state index is 13.9. The first kappa shape index (κ1) is 14.6. The van der Waals surface area contributed by atoms with Gasteiger partial charge < -0.3 is 5.32 Å². The summed E-state index contributed by atoms with van der Waals surface area (Å²) in [5.74, 6) is -0.186. The molecule has 2 rings (SSSR count). The first-order chi connectivity index (χ1) is 9.65. The van der Waals surface area contributed by atoms with E-state index >= 15 is 0 Å². The molecule has 1 nitrogen and oxygen atoms in total. The number of halogens is 1. The zero-order chi connectivity index (χ0) is 14.5. The molecule has 0 spiro atoms. The average molecular weight is 271 g/mol. The molecule has 1 unspecified atom stereocenters. The third kappa shape index (κ3) is 3.19. The molecule has 0 bridgehead atoms. The summed E-state index contributed by atoms with van der Waals surface area (Å²) in [6.07, 6.45) is 1.95. The van der Waals surface area contributed by atoms with Crippen LogP contribution in [0.5, 0.6) is 0 Å². The molecule has 0 aliphatic heterocycles. The molecule has 106 valence electrons. The Balaban J connectivity index is 2.24. The second kappa shape index (κ2) is 6.56. The molecule has 1 atom stereocenters. The van der Waals surface area contributed by atoms with Crippen LogP contribution in [-0.2, 0) is 6.42 Å². The van der Waals surface area contributed by atoms with E-state index in [4.69, 9.17) is 0 Å². The highest BCUT2D eigenvalue weighted by Crippen LogP contribution is 2.27. The number of aryl methyl sites for hydroxylation is 2. The average Bonchev–Trinajstić information content (AvgIpc) is 2.47. The van der Waals surface area contributed by atoms with Crippen LogP contribution in [0, 0.1) is 12.7 Å². The van der Waals surface area contributed by atoms with Gasteiger partial charge in [-0.25, -0.2) is 4.39 Å². The van der Waals surface area contributed by atoms with E-state index < -0.39 is 0 Å². The molecule has 2 aromatic carbocycles. The fraction of sp³-hybridized carbons (Fsp3) is 0.333. The summed E-state index contributed by atoms with van der Waals surface area (Å²) in [5.41, 5.74) is 4.07. The highest BCUT2D eigenvalue weighted by Gasteiger charge is 2.13. The second-order valence-corrected chi connectivity index (χ2v) is 5.13. The van der Waals surface area contributed by atoms with E-state index in [0.717, 1.165) is 18.4 Å². The minimum atomic E-state index is -0.186. The second-order valence-electron chi connectivity index (χ2n) is 5.13. The number of anilines is 1. The van der Waals surface area contributed by atoms with Crippen molar-refractivity contribution in [2.24, 2.45) is 0 Å². The Labute approximate surface area is 120 Å². The number of nitrogens with one attached hydrogen (secondary N) is 1. The topological polar surface area (TPSA) is 12.0 Å². The van der Waals surface area contributed by atoms with Gasteiger partial charge in [-0.2, -0.15) is 0 Å². The molecule has 0 saturated heterocycles. The third-order valence-corrected chi connectivity index (χ3v) is 3.74. The molecule has 0 saturated carbocycles. The van der Waals surface area contributed by atoms with Gasteiger partial charge >= 0.3 is 0 Å². The van der Waals surface area contributed by atoms with E-state index in [2.05, 4.69) is 43.4 Å². The summed E-state index contributed by atoms with van der Waals surface area (Å²) < 4.78 is 13.9. The summed E-state index contributed by atoms with van der Waals surface area (Å²) in [7, 11) is 0. The molecule has 0 radical (unpaired) electrons. The standard InChI is InChI=1S/C18H22FN/c1-4-14-9-11-15(12-10-14)17(5-2)20-18-13(3)7-6-8-16(18)19/h6-12,17,20H,4-5H2,1-3H3. The maximum absolute atomic E-state index is 13.9. The van der Waals surface area contributed by atoms with Crippen LogP contribution in [0.25, 0.3) is 0 Å². The van der Waals surface area contributed by atoms with Crippen LogP contribution < -0.4 is 5.32 Å². The molecule has 2 aromatic rings. The lowest BCUT2D eigenvalue weighted by atomic mass is 10.0. The van der Waals surface area contributed by atoms with Crippen molar-refractivity contribution in [2.45, 2.75) is 39.7 Å². The number of para-hydroxylation sites is 1. The molecule has 20 heavy (non-hydrogen) atoms. The Morgan fingerprint density at radius 3 is 2.30 bits per heavy atom. The summed E-state index contributed by atoms with van der Waals surface area (Å²) in [6.45, 7) is 6.19. The molecule has 0 fully saturated rings. The Morgan fingerprint density at radius 2 is 1.75 bits per heavy atom. The SMILES string of the molecule is CCc1ccc(C(CC)Nc2c(C)cccc2F)cc1. The van der Waals surface area contributed by atoms with E-state index in [0.29, 0.717) is 5.69 Å². The summed E-state index contributed by atoms with van der Waals surface area (Å²) in [4.78, 5) is 0. The summed E-state index contributed by atoms with van der Waals surface area (Å²) in [6, 6.07) is 13.9. The molecule has 2 heteroatoms. The van der Waals surface area contributed by atoms with Gasteiger partial charge in [0.2, 0.25) is 0 Å². The van der Waals surface area contributed by atoms with Gasteiger partial charge in [0.1, 0.15) is 5.82 Å². The van der Waals surface area contributed by atoms with Crippen LogP contribution in [-0.4, -0.2) is 0 Å². The van der Waals surface area contributed by atoms with Crippen LogP contribution in [0.3, 0.4) is 0 Å². The van der Waals surface area contributed by atoms with Gasteiger partial charge in [0.25, 0.3) is 0 Å². The lowest BCUT2D eigenvalue weighted by Gasteiger charge is -2.21. The first-order valence-corrected chi connectivity index (χ1v) is 7.26. The fourth-order valence-corrected chi connectivity index (χ4v) is 2.40. The Morgan fingerprint density at radius 1 is 1.05 bits per heavy atom. The van der Waals surface area contributed by atoms with E-state index in [-0.39, 0.29) is 11.9 Å². The van der Waals surface area contributed by atoms with Crippen molar-refractivity contribution in [3.8, 4) is 0 Å². The number of hydrogen-bond acceptors (Lipinski definition) is 1. The van der Waals surface area contributed by atoms with Crippen molar-refractivity contribution >= 4 is 5.69 Å². The normalized spacial score (nSPS) is 12.2. The predicted octanol–water partition coefficient (Wildman–Crippen LogP) is 5.26. The molecular formula is C18H22FN. The predicted molar refractivity (Wildman–Crippen MR) is 83.6 cm³/mol. The summed E-state index contributed by atoms with van der Waals surface area (Å²) in [5, 5.41) is 3.34. The van der Waals surface area contributed by atoms with Gasteiger partial charge in [0, 0.05) is 0 Å². The Kier molecular flexibility index (Phi) is 4.78. The highest BCUT2D eigenvalue weighted by molar-refractivity contribution is 5.53. The number of benzene rings is 2. The van der Waals surface area contributed by atoms with E-state index in [1.54, 1.807) is 6.07 Å². The molecule has 1 N–H and O–H groups in total. The summed E-state index contributed by atoms with van der Waals surface area (Å²) >= 11 is 0. The van der Waals surface area contributed by atoms with Gasteiger partial charge in [-0.3, -0.25) is 0 Å². The Hall–Kier alpha value is -1.83. The molecule has 0 aromatic heterocycles. The first-order valence-electron chi connectivity index (χ1n) is 7.26. The lowest BCUT2D eigenvalue weighted by Crippen LogP contribution is -2.12. The molecule has 0 aliphatic carbocycles. The monoisotopic (exact) mass is 271 g/mol. The third-order valence-electron chi connectivity index (χ3n) is 3.74. The van der Waals surface area contributed by atoms with Gasteiger partial charge in [0.05, 0.1) is 11.7 Å². The molecular weight excluding hydrogens is 249 g/mol. The van der Waals surface area contributed by atoms with Gasteiger partial charge in [-0.1, -0.05) is 50.2 Å². The van der Waals surface area contributed by atoms with Crippen molar-refractivity contribution in [1.29, 1.82) is 0 Å². The largest absolute Gasteiger partial charge is 0.376 e. The van der Waals surface area contributed by atoms with Crippen molar-refractivity contribution in [2.75, 3.05) is 5.32 Å². The molecule has 0 amide bonds. The van der Waals surface area contributed by atoms with Crippen LogP contribution in [0.15, 0.2) is 42.5 Å². The lowest BCUT2D eigenvalue weighted by molar-refractivity contribution is 0.622. The van der Waals surface area contributed by atoms with Crippen molar-refractivity contribution < 1.29 is 4.39 Å². The minimum Gasteiger partial charge on any atom is -0.376 e. The number of rotatable bonds is 5. The zero-order valence-corrected chi connectivity index (χ0v) is 12.4. The van der Waals surface area contributed by atoms with Crippen LogP contribution >= 0.6 is 0 Å². The smallest absolute Gasteiger partial charge is 0.146 e. The minimum absolute atomic E-state index is 0.136. The maximum Gasteiger partial charge on any atom is 0.146 e. The van der Waals surface area contributed by atoms with Crippen molar-refractivity contribution in [3.63, 3.8) is 0 Å². The number of hydrogen-bond donors (Lipinski definition) is 1. The van der Waals surface area contributed by atoms with E-state index in [1.807, 2.05) is 13.0 Å². The van der Waals surface area contributed by atoms with Crippen LogP contribution in [0.2, 0.25) is 0 Å². The van der Waals surface area contributed by atoms with Crippen LogP contribution in [0.1, 0.15) is 43.0 Å². The quantitative estimate of drug-likeness (QED) is 0.782. The zero-order valence-electron chi connectivity index (χ0n) is 12.4.